The van der Waals surface area contributed by atoms with Crippen molar-refractivity contribution in [2.24, 2.45) is 0 Å². The van der Waals surface area contributed by atoms with E-state index in [9.17, 15) is 0 Å². The van der Waals surface area contributed by atoms with Gasteiger partial charge in [0.1, 0.15) is 0 Å². The Morgan fingerprint density at radius 2 is 2.50 bits per heavy atom. The summed E-state index contributed by atoms with van der Waals surface area (Å²) in [5.41, 5.74) is 0. The van der Waals surface area contributed by atoms with Gasteiger partial charge in [-0.15, -0.1) is 11.3 Å². The van der Waals surface area contributed by atoms with Gasteiger partial charge in [0.05, 0.1) is 0 Å². The molecule has 1 rings (SSSR count). The number of thiophene rings is 1. The molecule has 0 spiro atoms. The third kappa shape index (κ3) is 2.02. The Morgan fingerprint density at radius 1 is 1.70 bits per heavy atom. The fourth-order valence-corrected chi connectivity index (χ4v) is 1.06. The van der Waals surface area contributed by atoms with Gasteiger partial charge in [0.2, 0.25) is 0 Å². The first-order valence-corrected chi connectivity index (χ1v) is 3.62. The molecule has 3 nitrogen and oxygen atoms in total. The third-order valence-electron chi connectivity index (χ3n) is 0.914. The molecular formula is C5H7BO3S. The molecule has 1 heterocycles. The predicted molar refractivity (Wildman–Crippen MR) is 39.9 cm³/mol. The average Bonchev–Trinajstić information content (AvgIpc) is 2.40. The van der Waals surface area contributed by atoms with E-state index < -0.39 is 7.32 Å². The van der Waals surface area contributed by atoms with Gasteiger partial charge in [-0.05, 0) is 17.5 Å². The lowest BCUT2D eigenvalue weighted by molar-refractivity contribution is 0.241. The highest BCUT2D eigenvalue weighted by Gasteiger charge is 2.15. The molecular weight excluding hydrogens is 151 g/mol. The first-order valence-electron chi connectivity index (χ1n) is 2.74. The topological polar surface area (TPSA) is 38.7 Å². The van der Waals surface area contributed by atoms with Crippen molar-refractivity contribution in [3.8, 4) is 5.06 Å². The molecule has 0 aliphatic rings. The Bertz CT molecular complexity index is 177. The monoisotopic (exact) mass is 158 g/mol. The van der Waals surface area contributed by atoms with Crippen molar-refractivity contribution >= 4 is 18.7 Å². The van der Waals surface area contributed by atoms with Gasteiger partial charge in [0.25, 0.3) is 0 Å². The van der Waals surface area contributed by atoms with E-state index in [0.717, 1.165) is 0 Å². The maximum absolute atomic E-state index is 8.79. The molecule has 0 fully saturated rings. The molecule has 0 amide bonds. The molecule has 0 saturated heterocycles. The zero-order valence-corrected chi connectivity index (χ0v) is 6.30. The standard InChI is InChI=1S/C5H7BO3S/c1-8-6(7)9-5-3-2-4-10-5/h2-4,7H,1H3. The van der Waals surface area contributed by atoms with Gasteiger partial charge < -0.3 is 14.3 Å². The zero-order chi connectivity index (χ0) is 7.40. The van der Waals surface area contributed by atoms with E-state index in [1.54, 1.807) is 6.07 Å². The van der Waals surface area contributed by atoms with Crippen LogP contribution in [0, 0.1) is 0 Å². The van der Waals surface area contributed by atoms with Gasteiger partial charge in [-0.25, -0.2) is 0 Å². The van der Waals surface area contributed by atoms with Gasteiger partial charge in [0, 0.05) is 7.11 Å². The van der Waals surface area contributed by atoms with Crippen LogP contribution in [0.25, 0.3) is 0 Å². The molecule has 0 saturated carbocycles. The predicted octanol–water partition coefficient (Wildman–Crippen LogP) is 0.751. The van der Waals surface area contributed by atoms with Crippen LogP contribution in [0.4, 0.5) is 0 Å². The summed E-state index contributed by atoms with van der Waals surface area (Å²) in [4.78, 5) is 0. The van der Waals surface area contributed by atoms with E-state index in [2.05, 4.69) is 4.65 Å². The maximum Gasteiger partial charge on any atom is 0.710 e. The number of hydrogen-bond donors (Lipinski definition) is 1. The van der Waals surface area contributed by atoms with E-state index in [1.807, 2.05) is 11.4 Å². The molecule has 54 valence electrons. The van der Waals surface area contributed by atoms with Gasteiger partial charge in [0.15, 0.2) is 5.06 Å². The molecule has 0 unspecified atom stereocenters. The SMILES string of the molecule is COB(O)Oc1cccs1. The summed E-state index contributed by atoms with van der Waals surface area (Å²) in [7, 11) is 0.219. The van der Waals surface area contributed by atoms with Crippen molar-refractivity contribution in [2.45, 2.75) is 0 Å². The molecule has 10 heavy (non-hydrogen) atoms. The van der Waals surface area contributed by atoms with Crippen LogP contribution in [0.15, 0.2) is 17.5 Å². The lowest BCUT2D eigenvalue weighted by Gasteiger charge is -2.02. The minimum absolute atomic E-state index is 0.648. The molecule has 0 radical (unpaired) electrons. The van der Waals surface area contributed by atoms with Crippen LogP contribution in [0.3, 0.4) is 0 Å². The molecule has 0 bridgehead atoms. The van der Waals surface area contributed by atoms with Gasteiger partial charge in [-0.1, -0.05) is 0 Å². The van der Waals surface area contributed by atoms with Crippen LogP contribution in [0.5, 0.6) is 5.06 Å². The summed E-state index contributed by atoms with van der Waals surface area (Å²) in [5.74, 6) is 0. The van der Waals surface area contributed by atoms with Crippen molar-refractivity contribution in [2.75, 3.05) is 7.11 Å². The second-order valence-corrected chi connectivity index (χ2v) is 2.50. The first kappa shape index (κ1) is 7.59. The van der Waals surface area contributed by atoms with E-state index in [4.69, 9.17) is 9.68 Å². The van der Waals surface area contributed by atoms with Gasteiger partial charge in [-0.3, -0.25) is 0 Å². The number of hydrogen-bond acceptors (Lipinski definition) is 4. The van der Waals surface area contributed by atoms with Crippen LogP contribution in [-0.4, -0.2) is 19.5 Å². The lowest BCUT2D eigenvalue weighted by atomic mass is 10.2. The molecule has 5 heteroatoms. The van der Waals surface area contributed by atoms with Crippen molar-refractivity contribution < 1.29 is 14.3 Å². The Labute approximate surface area is 63.4 Å². The van der Waals surface area contributed by atoms with Crippen LogP contribution in [0.2, 0.25) is 0 Å². The molecule has 1 aromatic rings. The quantitative estimate of drug-likeness (QED) is 0.659. The lowest BCUT2D eigenvalue weighted by Crippen LogP contribution is -2.23. The Morgan fingerprint density at radius 3 is 3.00 bits per heavy atom. The van der Waals surface area contributed by atoms with Crippen LogP contribution in [0.1, 0.15) is 0 Å². The van der Waals surface area contributed by atoms with Gasteiger partial charge in [-0.2, -0.15) is 0 Å². The third-order valence-corrected chi connectivity index (χ3v) is 1.67. The molecule has 0 atom stereocenters. The largest absolute Gasteiger partial charge is 0.710 e. The first-order chi connectivity index (χ1) is 4.83. The molecule has 1 N–H and O–H groups in total. The summed E-state index contributed by atoms with van der Waals surface area (Å²) in [6, 6.07) is 3.59. The van der Waals surface area contributed by atoms with E-state index in [1.165, 1.54) is 18.4 Å². The molecule has 0 aromatic carbocycles. The van der Waals surface area contributed by atoms with E-state index in [-0.39, 0.29) is 0 Å². The van der Waals surface area contributed by atoms with E-state index >= 15 is 0 Å². The van der Waals surface area contributed by atoms with Crippen molar-refractivity contribution in [3.63, 3.8) is 0 Å². The molecule has 0 aliphatic carbocycles. The minimum atomic E-state index is -1.15. The van der Waals surface area contributed by atoms with Crippen LogP contribution in [-0.2, 0) is 4.65 Å². The van der Waals surface area contributed by atoms with Crippen molar-refractivity contribution in [1.29, 1.82) is 0 Å². The fourth-order valence-electron chi connectivity index (χ4n) is 0.478. The second-order valence-electron chi connectivity index (χ2n) is 1.59. The highest BCUT2D eigenvalue weighted by atomic mass is 32.1. The second kappa shape index (κ2) is 3.60. The molecule has 0 aliphatic heterocycles. The van der Waals surface area contributed by atoms with Crippen LogP contribution < -0.4 is 4.65 Å². The summed E-state index contributed by atoms with van der Waals surface area (Å²) in [6.07, 6.45) is 0. The van der Waals surface area contributed by atoms with Crippen molar-refractivity contribution in [3.05, 3.63) is 17.5 Å². The summed E-state index contributed by atoms with van der Waals surface area (Å²) in [5, 5.41) is 11.3. The Hall–Kier alpha value is -0.515. The highest BCUT2D eigenvalue weighted by Crippen LogP contribution is 2.18. The van der Waals surface area contributed by atoms with Crippen molar-refractivity contribution in [1.82, 2.24) is 0 Å². The highest BCUT2D eigenvalue weighted by molar-refractivity contribution is 7.12. The summed E-state index contributed by atoms with van der Waals surface area (Å²) in [6.45, 7) is 0. The zero-order valence-electron chi connectivity index (χ0n) is 5.48. The van der Waals surface area contributed by atoms with E-state index in [0.29, 0.717) is 5.06 Å². The van der Waals surface area contributed by atoms with Gasteiger partial charge >= 0.3 is 7.32 Å². The smallest absolute Gasteiger partial charge is 0.504 e. The fraction of sp³-hybridized carbons (Fsp3) is 0.200. The minimum Gasteiger partial charge on any atom is -0.504 e. The number of rotatable bonds is 3. The summed E-state index contributed by atoms with van der Waals surface area (Å²) >= 11 is 1.40. The Balaban J connectivity index is 2.40. The average molecular weight is 158 g/mol. The molecule has 1 aromatic heterocycles. The van der Waals surface area contributed by atoms with Crippen LogP contribution >= 0.6 is 11.3 Å². The summed E-state index contributed by atoms with van der Waals surface area (Å²) < 4.78 is 9.32. The Kier molecular flexibility index (Phi) is 2.74. The maximum atomic E-state index is 8.79. The normalized spacial score (nSPS) is 9.40.